The van der Waals surface area contributed by atoms with Crippen LogP contribution < -0.4 is 0 Å². The Balaban J connectivity index is 1.27. The molecule has 206 valence electrons. The van der Waals surface area contributed by atoms with Gasteiger partial charge in [0.2, 0.25) is 5.95 Å². The lowest BCUT2D eigenvalue weighted by Gasteiger charge is -2.10. The predicted octanol–water partition coefficient (Wildman–Crippen LogP) is 9.87. The third-order valence-corrected chi connectivity index (χ3v) is 7.65. The third-order valence-electron chi connectivity index (χ3n) is 7.65. The van der Waals surface area contributed by atoms with Crippen LogP contribution in [-0.2, 0) is 0 Å². The fourth-order valence-corrected chi connectivity index (χ4v) is 5.67. The van der Waals surface area contributed by atoms with Gasteiger partial charge in [-0.25, -0.2) is 4.98 Å². The van der Waals surface area contributed by atoms with E-state index in [9.17, 15) is 0 Å². The molecule has 0 atom stereocenters. The van der Waals surface area contributed by atoms with Crippen molar-refractivity contribution >= 4 is 43.7 Å². The van der Waals surface area contributed by atoms with Crippen LogP contribution in [0.3, 0.4) is 0 Å². The molecule has 0 fully saturated rings. The second-order valence-corrected chi connectivity index (χ2v) is 10.2. The predicted molar refractivity (Wildman–Crippen MR) is 178 cm³/mol. The van der Waals surface area contributed by atoms with Crippen LogP contribution in [0.1, 0.15) is 13.7 Å². The van der Waals surface area contributed by atoms with Crippen LogP contribution in [0.25, 0.3) is 83.6 Å². The van der Waals surface area contributed by atoms with Crippen LogP contribution in [0.5, 0.6) is 0 Å². The van der Waals surface area contributed by atoms with Gasteiger partial charge >= 0.3 is 0 Å². The molecule has 0 aliphatic carbocycles. The topological polar surface area (TPSA) is 56.7 Å². The van der Waals surface area contributed by atoms with Crippen LogP contribution in [0.2, 0.25) is 0 Å². The Hall–Kier alpha value is -6.07. The number of para-hydroxylation sites is 2. The maximum Gasteiger partial charge on any atom is 0.238 e. The van der Waals surface area contributed by atoms with E-state index in [1.807, 2.05) is 53.1 Å². The van der Waals surface area contributed by atoms with E-state index in [1.165, 1.54) is 0 Å². The van der Waals surface area contributed by atoms with Crippen LogP contribution >= 0.6 is 0 Å². The zero-order valence-corrected chi connectivity index (χ0v) is 22.8. The standard InChI is InChI=1S/C39H24N4O/c1-3-11-25(12-4-1)27-20-22-35-32(23-27)31-21-19-28(24-36(31)44-35)38-40-37(26-13-5-2-6-14-26)41-39(42-38)43-33-17-9-7-15-29(33)30-16-8-10-18-34(30)43/h1-24H/i1D,2D,3D,4D,5D,6D,11D,12D,13D,14D. The number of furan rings is 1. The van der Waals surface area contributed by atoms with E-state index in [4.69, 9.17) is 33.1 Å². The average Bonchev–Trinajstić information content (AvgIpc) is 3.73. The highest BCUT2D eigenvalue weighted by Crippen LogP contribution is 2.36. The summed E-state index contributed by atoms with van der Waals surface area (Å²) in [7, 11) is 0. The van der Waals surface area contributed by atoms with E-state index >= 15 is 0 Å². The molecule has 0 saturated heterocycles. The van der Waals surface area contributed by atoms with E-state index in [0.29, 0.717) is 33.1 Å². The Kier molecular flexibility index (Phi) is 3.66. The fourth-order valence-electron chi connectivity index (χ4n) is 5.67. The minimum absolute atomic E-state index is 0.0804. The van der Waals surface area contributed by atoms with Crippen molar-refractivity contribution in [3.63, 3.8) is 0 Å². The van der Waals surface area contributed by atoms with Crippen LogP contribution in [0.4, 0.5) is 0 Å². The van der Waals surface area contributed by atoms with Crippen molar-refractivity contribution in [3.05, 3.63) is 145 Å². The van der Waals surface area contributed by atoms with Gasteiger partial charge in [0.15, 0.2) is 11.6 Å². The molecule has 0 spiro atoms. The lowest BCUT2D eigenvalue weighted by Crippen LogP contribution is -2.06. The van der Waals surface area contributed by atoms with Gasteiger partial charge in [-0.1, -0.05) is 109 Å². The molecule has 0 radical (unpaired) electrons. The molecule has 5 heteroatoms. The maximum absolute atomic E-state index is 8.72. The number of hydrogen-bond donors (Lipinski definition) is 0. The highest BCUT2D eigenvalue weighted by molar-refractivity contribution is 6.09. The molecule has 0 aliphatic rings. The Bertz CT molecular complexity index is 2970. The molecular weight excluding hydrogens is 540 g/mol. The van der Waals surface area contributed by atoms with E-state index in [2.05, 4.69) is 0 Å². The minimum Gasteiger partial charge on any atom is -0.456 e. The zero-order valence-electron chi connectivity index (χ0n) is 32.8. The molecule has 0 saturated carbocycles. The molecule has 44 heavy (non-hydrogen) atoms. The highest BCUT2D eigenvalue weighted by atomic mass is 16.3. The van der Waals surface area contributed by atoms with Crippen molar-refractivity contribution in [2.45, 2.75) is 0 Å². The SMILES string of the molecule is [2H]c1c([2H])c([2H])c(-c2ccc3oc4cc(-c5nc(-c6c([2H])c([2H])c([2H])c([2H])c6[2H])nc(-n6c7ccccc7c7ccccc76)n5)ccc4c3c2)c([2H])c1[2H]. The lowest BCUT2D eigenvalue weighted by molar-refractivity contribution is 0.669. The Morgan fingerprint density at radius 2 is 1.09 bits per heavy atom. The summed E-state index contributed by atoms with van der Waals surface area (Å²) in [4.78, 5) is 14.4. The Labute approximate surface area is 266 Å². The first kappa shape index (κ1) is 16.5. The summed E-state index contributed by atoms with van der Waals surface area (Å²) >= 11 is 0. The van der Waals surface area contributed by atoms with Crippen LogP contribution in [-0.4, -0.2) is 19.5 Å². The summed E-state index contributed by atoms with van der Waals surface area (Å²) < 4.78 is 91.5. The van der Waals surface area contributed by atoms with Gasteiger partial charge in [-0.3, -0.25) is 4.57 Å². The van der Waals surface area contributed by atoms with Gasteiger partial charge in [-0.15, -0.1) is 0 Å². The van der Waals surface area contributed by atoms with Crippen molar-refractivity contribution in [2.24, 2.45) is 0 Å². The molecule has 0 unspecified atom stereocenters. The largest absolute Gasteiger partial charge is 0.456 e. The molecule has 0 aliphatic heterocycles. The van der Waals surface area contributed by atoms with Gasteiger partial charge < -0.3 is 4.42 Å². The zero-order chi connectivity index (χ0) is 37.7. The van der Waals surface area contributed by atoms with E-state index < -0.39 is 48.3 Å². The summed E-state index contributed by atoms with van der Waals surface area (Å²) in [6.45, 7) is 0. The number of fused-ring (bicyclic) bond motifs is 6. The van der Waals surface area contributed by atoms with Crippen molar-refractivity contribution in [1.82, 2.24) is 19.5 Å². The minimum atomic E-state index is -0.532. The van der Waals surface area contributed by atoms with E-state index in [-0.39, 0.29) is 40.8 Å². The number of benzene rings is 6. The molecular formula is C39H24N4O. The summed E-state index contributed by atoms with van der Waals surface area (Å²) in [5.41, 5.74) is 3.38. The van der Waals surface area contributed by atoms with Gasteiger partial charge in [0.25, 0.3) is 0 Å². The van der Waals surface area contributed by atoms with Crippen LogP contribution in [0.15, 0.2) is 150 Å². The monoisotopic (exact) mass is 574 g/mol. The van der Waals surface area contributed by atoms with Gasteiger partial charge in [-0.05, 0) is 47.5 Å². The average molecular weight is 575 g/mol. The van der Waals surface area contributed by atoms with Crippen molar-refractivity contribution < 1.29 is 18.1 Å². The van der Waals surface area contributed by atoms with Gasteiger partial charge in [0.05, 0.1) is 24.7 Å². The molecule has 3 aromatic heterocycles. The summed E-state index contributed by atoms with van der Waals surface area (Å²) in [5, 5.41) is 3.24. The summed E-state index contributed by atoms with van der Waals surface area (Å²) in [5.74, 6) is 0.222. The summed E-state index contributed by atoms with van der Waals surface area (Å²) in [6.07, 6.45) is 0. The number of hydrogen-bond acceptors (Lipinski definition) is 4. The van der Waals surface area contributed by atoms with Crippen LogP contribution in [0, 0.1) is 0 Å². The normalized spacial score (nSPS) is 14.8. The van der Waals surface area contributed by atoms with Crippen molar-refractivity contribution in [2.75, 3.05) is 0 Å². The summed E-state index contributed by atoms with van der Waals surface area (Å²) in [6, 6.07) is 21.5. The molecule has 0 bridgehead atoms. The Morgan fingerprint density at radius 1 is 0.477 bits per heavy atom. The van der Waals surface area contributed by atoms with E-state index in [0.717, 1.165) is 21.8 Å². The quantitative estimate of drug-likeness (QED) is 0.210. The number of aromatic nitrogens is 4. The number of rotatable bonds is 4. The van der Waals surface area contributed by atoms with E-state index in [1.54, 1.807) is 36.4 Å². The molecule has 9 rings (SSSR count). The number of nitrogens with zero attached hydrogens (tertiary/aromatic N) is 4. The lowest BCUT2D eigenvalue weighted by atomic mass is 10.0. The second kappa shape index (κ2) is 9.75. The molecule has 5 nitrogen and oxygen atoms in total. The third kappa shape index (κ3) is 3.91. The molecule has 9 aromatic rings. The van der Waals surface area contributed by atoms with Gasteiger partial charge in [0, 0.05) is 32.7 Å². The molecule has 0 amide bonds. The van der Waals surface area contributed by atoms with Gasteiger partial charge in [-0.2, -0.15) is 9.97 Å². The fraction of sp³-hybridized carbons (Fsp3) is 0. The first-order valence-corrected chi connectivity index (χ1v) is 13.8. The molecule has 0 N–H and O–H groups in total. The van der Waals surface area contributed by atoms with Crippen molar-refractivity contribution in [1.29, 1.82) is 0 Å². The smallest absolute Gasteiger partial charge is 0.238 e. The van der Waals surface area contributed by atoms with Crippen molar-refractivity contribution in [3.8, 4) is 39.9 Å². The Morgan fingerprint density at radius 3 is 1.80 bits per heavy atom. The van der Waals surface area contributed by atoms with Gasteiger partial charge in [0.1, 0.15) is 11.2 Å². The first-order chi connectivity index (χ1) is 25.9. The molecule has 3 heterocycles. The highest BCUT2D eigenvalue weighted by Gasteiger charge is 2.18. The molecule has 6 aromatic carbocycles. The first-order valence-electron chi connectivity index (χ1n) is 18.8. The maximum atomic E-state index is 8.72. The second-order valence-electron chi connectivity index (χ2n) is 10.2.